The van der Waals surface area contributed by atoms with Crippen LogP contribution >= 0.6 is 0 Å². The van der Waals surface area contributed by atoms with Crippen LogP contribution in [0.4, 0.5) is 9.18 Å². The molecule has 0 bridgehead atoms. The van der Waals surface area contributed by atoms with Gasteiger partial charge in [-0.2, -0.15) is 0 Å². The molecule has 3 aromatic carbocycles. The van der Waals surface area contributed by atoms with Crippen molar-refractivity contribution in [1.29, 1.82) is 0 Å². The number of carbonyl (C=O) groups is 2. The van der Waals surface area contributed by atoms with Crippen LogP contribution in [0.25, 0.3) is 0 Å². The topological polar surface area (TPSA) is 58.6 Å². The first kappa shape index (κ1) is 20.6. The van der Waals surface area contributed by atoms with Crippen molar-refractivity contribution in [3.63, 3.8) is 0 Å². The third-order valence-corrected chi connectivity index (χ3v) is 5.36. The van der Waals surface area contributed by atoms with Gasteiger partial charge in [-0.15, -0.1) is 0 Å². The van der Waals surface area contributed by atoms with E-state index in [1.54, 1.807) is 12.1 Å². The molecule has 158 valence electrons. The van der Waals surface area contributed by atoms with Crippen molar-refractivity contribution in [3.8, 4) is 5.75 Å². The highest BCUT2D eigenvalue weighted by Gasteiger charge is 2.52. The summed E-state index contributed by atoms with van der Waals surface area (Å²) >= 11 is 0. The van der Waals surface area contributed by atoms with Gasteiger partial charge < -0.3 is 10.1 Å². The molecule has 0 spiro atoms. The summed E-state index contributed by atoms with van der Waals surface area (Å²) in [4.78, 5) is 27.5. The molecule has 1 aliphatic rings. The zero-order chi connectivity index (χ0) is 21.7. The van der Waals surface area contributed by atoms with Gasteiger partial charge in [-0.05, 0) is 41.8 Å². The van der Waals surface area contributed by atoms with Crippen LogP contribution in [-0.2, 0) is 16.8 Å². The molecule has 4 rings (SSSR count). The van der Waals surface area contributed by atoms with Crippen LogP contribution in [0.5, 0.6) is 5.75 Å². The maximum absolute atomic E-state index is 13.5. The molecular formula is C25H23FN2O3. The molecule has 1 fully saturated rings. The molecule has 1 aliphatic heterocycles. The monoisotopic (exact) mass is 418 g/mol. The number of carbonyl (C=O) groups excluding carboxylic acids is 2. The van der Waals surface area contributed by atoms with E-state index in [2.05, 4.69) is 5.32 Å². The molecule has 1 atom stereocenters. The summed E-state index contributed by atoms with van der Waals surface area (Å²) in [6, 6.07) is 24.3. The van der Waals surface area contributed by atoms with Gasteiger partial charge in [-0.25, -0.2) is 9.18 Å². The van der Waals surface area contributed by atoms with Gasteiger partial charge in [-0.3, -0.25) is 9.69 Å². The van der Waals surface area contributed by atoms with E-state index in [1.165, 1.54) is 17.0 Å². The molecule has 3 aromatic rings. The molecule has 1 unspecified atom stereocenters. The Morgan fingerprint density at radius 1 is 0.871 bits per heavy atom. The quantitative estimate of drug-likeness (QED) is 0.439. The summed E-state index contributed by atoms with van der Waals surface area (Å²) in [6.07, 6.45) is 0.831. The second-order valence-electron chi connectivity index (χ2n) is 7.48. The van der Waals surface area contributed by atoms with Crippen LogP contribution in [0.15, 0.2) is 84.9 Å². The largest absolute Gasteiger partial charge is 0.494 e. The molecule has 1 N–H and O–H groups in total. The average molecular weight is 418 g/mol. The van der Waals surface area contributed by atoms with E-state index in [0.29, 0.717) is 25.2 Å². The van der Waals surface area contributed by atoms with Gasteiger partial charge in [0.1, 0.15) is 11.6 Å². The number of nitrogens with zero attached hydrogens (tertiary/aromatic N) is 1. The summed E-state index contributed by atoms with van der Waals surface area (Å²) in [5, 5.41) is 2.95. The normalized spacial score (nSPS) is 18.2. The second kappa shape index (κ2) is 9.00. The Morgan fingerprint density at radius 2 is 1.52 bits per heavy atom. The van der Waals surface area contributed by atoms with E-state index in [0.717, 1.165) is 11.1 Å². The fraction of sp³-hybridized carbons (Fsp3) is 0.200. The lowest BCUT2D eigenvalue weighted by molar-refractivity contribution is -0.131. The van der Waals surface area contributed by atoms with Crippen LogP contribution in [0, 0.1) is 5.82 Å². The van der Waals surface area contributed by atoms with Gasteiger partial charge in [0.05, 0.1) is 6.61 Å². The van der Waals surface area contributed by atoms with Crippen LogP contribution < -0.4 is 10.1 Å². The standard InChI is InChI=1S/C25H23FN2O3/c26-21-12-14-22(15-13-21)31-17-7-16-28-23(29)25(27-24(28)30,20-10-5-2-6-11-20)18-19-8-3-1-4-9-19/h1-6,8-15H,7,16-18H2,(H,27,30). The van der Waals surface area contributed by atoms with Gasteiger partial charge in [0.15, 0.2) is 5.54 Å². The van der Waals surface area contributed by atoms with E-state index < -0.39 is 11.6 Å². The molecule has 3 amide bonds. The Labute approximate surface area is 180 Å². The summed E-state index contributed by atoms with van der Waals surface area (Å²) in [5.41, 5.74) is 0.570. The number of urea groups is 1. The Bertz CT molecular complexity index is 1040. The molecule has 31 heavy (non-hydrogen) atoms. The molecule has 0 saturated carbocycles. The van der Waals surface area contributed by atoms with Crippen molar-refractivity contribution in [2.24, 2.45) is 0 Å². The van der Waals surface area contributed by atoms with E-state index in [-0.39, 0.29) is 18.3 Å². The van der Waals surface area contributed by atoms with Crippen molar-refractivity contribution in [1.82, 2.24) is 10.2 Å². The van der Waals surface area contributed by atoms with Gasteiger partial charge in [0, 0.05) is 13.0 Å². The predicted molar refractivity (Wildman–Crippen MR) is 115 cm³/mol. The van der Waals surface area contributed by atoms with Gasteiger partial charge in [-0.1, -0.05) is 60.7 Å². The Hall–Kier alpha value is -3.67. The van der Waals surface area contributed by atoms with Crippen LogP contribution in [-0.4, -0.2) is 30.0 Å². The fourth-order valence-corrected chi connectivity index (χ4v) is 3.81. The van der Waals surface area contributed by atoms with Crippen LogP contribution in [0.1, 0.15) is 17.5 Å². The number of hydrogen-bond acceptors (Lipinski definition) is 3. The maximum atomic E-state index is 13.5. The van der Waals surface area contributed by atoms with E-state index in [4.69, 9.17) is 4.74 Å². The number of hydrogen-bond donors (Lipinski definition) is 1. The molecule has 6 heteroatoms. The van der Waals surface area contributed by atoms with E-state index >= 15 is 0 Å². The minimum atomic E-state index is -1.14. The number of amides is 3. The summed E-state index contributed by atoms with van der Waals surface area (Å²) in [7, 11) is 0. The lowest BCUT2D eigenvalue weighted by atomic mass is 9.83. The van der Waals surface area contributed by atoms with Crippen LogP contribution in [0.3, 0.4) is 0 Å². The zero-order valence-electron chi connectivity index (χ0n) is 17.0. The third-order valence-electron chi connectivity index (χ3n) is 5.36. The molecule has 5 nitrogen and oxygen atoms in total. The minimum absolute atomic E-state index is 0.231. The summed E-state index contributed by atoms with van der Waals surface area (Å²) < 4.78 is 18.6. The molecule has 0 aromatic heterocycles. The Kier molecular flexibility index (Phi) is 5.98. The Balaban J connectivity index is 1.48. The molecule has 0 aliphatic carbocycles. The van der Waals surface area contributed by atoms with Crippen molar-refractivity contribution in [2.75, 3.05) is 13.2 Å². The molecule has 0 radical (unpaired) electrons. The van der Waals surface area contributed by atoms with E-state index in [1.807, 2.05) is 60.7 Å². The molecule has 1 saturated heterocycles. The molecular weight excluding hydrogens is 395 g/mol. The number of nitrogens with one attached hydrogen (secondary N) is 1. The first-order valence-corrected chi connectivity index (χ1v) is 10.2. The van der Waals surface area contributed by atoms with Crippen LogP contribution in [0.2, 0.25) is 0 Å². The number of rotatable bonds is 8. The smallest absolute Gasteiger partial charge is 0.325 e. The van der Waals surface area contributed by atoms with Gasteiger partial charge in [0.2, 0.25) is 0 Å². The predicted octanol–water partition coefficient (Wildman–Crippen LogP) is 4.28. The molecule has 1 heterocycles. The van der Waals surface area contributed by atoms with Crippen molar-refractivity contribution >= 4 is 11.9 Å². The highest BCUT2D eigenvalue weighted by Crippen LogP contribution is 2.33. The lowest BCUT2D eigenvalue weighted by Crippen LogP contribution is -2.46. The van der Waals surface area contributed by atoms with E-state index in [9.17, 15) is 14.0 Å². The first-order valence-electron chi connectivity index (χ1n) is 10.2. The van der Waals surface area contributed by atoms with Gasteiger partial charge in [0.25, 0.3) is 5.91 Å². The second-order valence-corrected chi connectivity index (χ2v) is 7.48. The zero-order valence-corrected chi connectivity index (χ0v) is 17.0. The number of ether oxygens (including phenoxy) is 1. The SMILES string of the molecule is O=C1NC(Cc2ccccc2)(c2ccccc2)C(=O)N1CCCOc1ccc(F)cc1. The number of imide groups is 1. The summed E-state index contributed by atoms with van der Waals surface area (Å²) in [6.45, 7) is 0.537. The van der Waals surface area contributed by atoms with Gasteiger partial charge >= 0.3 is 6.03 Å². The Morgan fingerprint density at radius 3 is 2.19 bits per heavy atom. The van der Waals surface area contributed by atoms with Crippen molar-refractivity contribution in [3.05, 3.63) is 102 Å². The fourth-order valence-electron chi connectivity index (χ4n) is 3.81. The highest BCUT2D eigenvalue weighted by atomic mass is 19.1. The first-order chi connectivity index (χ1) is 15.1. The summed E-state index contributed by atoms with van der Waals surface area (Å²) in [5.74, 6) is -0.0574. The maximum Gasteiger partial charge on any atom is 0.325 e. The van der Waals surface area contributed by atoms with Crippen molar-refractivity contribution in [2.45, 2.75) is 18.4 Å². The lowest BCUT2D eigenvalue weighted by Gasteiger charge is -2.27. The average Bonchev–Trinajstić information content (AvgIpc) is 3.04. The number of halogens is 1. The third kappa shape index (κ3) is 4.43. The highest BCUT2D eigenvalue weighted by molar-refractivity contribution is 6.07. The number of benzene rings is 3. The minimum Gasteiger partial charge on any atom is -0.494 e. The van der Waals surface area contributed by atoms with Crippen molar-refractivity contribution < 1.29 is 18.7 Å².